The van der Waals surface area contributed by atoms with E-state index < -0.39 is 8.32 Å². The molecule has 41 heavy (non-hydrogen) atoms. The lowest BCUT2D eigenvalue weighted by atomic mass is 10.1. The van der Waals surface area contributed by atoms with E-state index in [1.165, 1.54) is 64.2 Å². The van der Waals surface area contributed by atoms with Gasteiger partial charge in [-0.25, -0.2) is 0 Å². The van der Waals surface area contributed by atoms with Gasteiger partial charge in [0.05, 0.1) is 78.9 Å². The number of thiol groups is 1. The van der Waals surface area contributed by atoms with Crippen molar-refractivity contribution in [3.05, 3.63) is 0 Å². The molecule has 0 N–H and O–H groups in total. The van der Waals surface area contributed by atoms with Crippen molar-refractivity contribution in [2.24, 2.45) is 0 Å². The highest BCUT2D eigenvalue weighted by Gasteiger charge is 2.28. The summed E-state index contributed by atoms with van der Waals surface area (Å²) in [5.41, 5.74) is 0. The van der Waals surface area contributed by atoms with E-state index in [0.717, 1.165) is 37.5 Å². The summed E-state index contributed by atoms with van der Waals surface area (Å²) in [6, 6.07) is 0.985. The van der Waals surface area contributed by atoms with E-state index in [-0.39, 0.29) is 0 Å². The Bertz CT molecular complexity index is 521. The van der Waals surface area contributed by atoms with Gasteiger partial charge in [0, 0.05) is 13.0 Å². The maximum Gasteiger partial charge on any atom is 0.215 e. The molecule has 0 amide bonds. The molecule has 0 aliphatic carbocycles. The van der Waals surface area contributed by atoms with Gasteiger partial charge >= 0.3 is 0 Å². The van der Waals surface area contributed by atoms with Crippen LogP contribution in [0, 0.1) is 0 Å². The minimum atomic E-state index is -1.97. The fourth-order valence-corrected chi connectivity index (χ4v) is 7.16. The van der Waals surface area contributed by atoms with Crippen LogP contribution < -0.4 is 0 Å². The molecule has 0 heterocycles. The van der Waals surface area contributed by atoms with Gasteiger partial charge in [-0.15, -0.1) is 0 Å². The first-order chi connectivity index (χ1) is 20.2. The minimum absolute atomic E-state index is 0.425. The van der Waals surface area contributed by atoms with Crippen molar-refractivity contribution in [2.45, 2.75) is 103 Å². The lowest BCUT2D eigenvalue weighted by Crippen LogP contribution is -2.41. The largest absolute Gasteiger partial charge is 0.412 e. The van der Waals surface area contributed by atoms with Crippen molar-refractivity contribution >= 4 is 27.2 Å². The average molecular weight is 625 g/mol. The van der Waals surface area contributed by atoms with Crippen molar-refractivity contribution in [1.82, 2.24) is 0 Å². The number of rotatable bonds is 36. The summed E-state index contributed by atoms with van der Waals surface area (Å²) in [4.78, 5) is 10.5. The monoisotopic (exact) mass is 624 g/mol. The first kappa shape index (κ1) is 41.0. The second kappa shape index (κ2) is 34.4. The predicted molar refractivity (Wildman–Crippen MR) is 173 cm³/mol. The molecule has 0 aliphatic heterocycles. The standard InChI is InChI=1S/C31H64O8SSi/c1-3-4-5-6-7-8-9-10-11-12-13-17-33-19-20-34-21-22-35-23-24-36-25-26-37-27-28-39-41(2,30-15-29-40)31-38-18-14-16-32/h16,40H,3-15,17-31H2,1-2H3. The molecule has 0 saturated heterocycles. The molecule has 0 rings (SSSR count). The van der Waals surface area contributed by atoms with Crippen molar-refractivity contribution in [1.29, 1.82) is 0 Å². The van der Waals surface area contributed by atoms with Gasteiger partial charge in [0.2, 0.25) is 8.32 Å². The number of carbonyl (C=O) groups excluding carboxylic acids is 1. The highest BCUT2D eigenvalue weighted by atomic mass is 32.1. The van der Waals surface area contributed by atoms with Crippen molar-refractivity contribution in [3.63, 3.8) is 0 Å². The number of aldehydes is 1. The third kappa shape index (κ3) is 32.7. The van der Waals surface area contributed by atoms with Crippen LogP contribution in [0.25, 0.3) is 0 Å². The Hall–Kier alpha value is -0.0431. The zero-order valence-corrected chi connectivity index (χ0v) is 28.5. The molecule has 1 unspecified atom stereocenters. The third-order valence-electron chi connectivity index (χ3n) is 6.71. The van der Waals surface area contributed by atoms with Crippen molar-refractivity contribution in [2.75, 3.05) is 91.3 Å². The van der Waals surface area contributed by atoms with Gasteiger partial charge in [-0.05, 0) is 31.2 Å². The molecule has 0 aliphatic rings. The van der Waals surface area contributed by atoms with E-state index in [2.05, 4.69) is 26.1 Å². The van der Waals surface area contributed by atoms with E-state index in [1.807, 2.05) is 0 Å². The summed E-state index contributed by atoms with van der Waals surface area (Å²) < 4.78 is 39.7. The topological polar surface area (TPSA) is 81.7 Å². The fraction of sp³-hybridized carbons (Fsp3) is 0.968. The van der Waals surface area contributed by atoms with Gasteiger partial charge in [0.1, 0.15) is 6.29 Å². The highest BCUT2D eigenvalue weighted by molar-refractivity contribution is 7.80. The highest BCUT2D eigenvalue weighted by Crippen LogP contribution is 2.16. The first-order valence-corrected chi connectivity index (χ1v) is 19.8. The molecule has 0 spiro atoms. The predicted octanol–water partition coefficient (Wildman–Crippen LogP) is 6.44. The lowest BCUT2D eigenvalue weighted by molar-refractivity contribution is -0.108. The second-order valence-corrected chi connectivity index (χ2v) is 15.2. The van der Waals surface area contributed by atoms with Gasteiger partial charge in [-0.1, -0.05) is 71.1 Å². The smallest absolute Gasteiger partial charge is 0.215 e. The normalized spacial score (nSPS) is 13.0. The maximum absolute atomic E-state index is 10.5. The van der Waals surface area contributed by atoms with Crippen LogP contribution in [0.4, 0.5) is 0 Å². The molecule has 0 saturated carbocycles. The van der Waals surface area contributed by atoms with Crippen LogP contribution in [-0.2, 0) is 37.6 Å². The Balaban J connectivity index is 3.31. The maximum atomic E-state index is 10.5. The molecule has 246 valence electrons. The van der Waals surface area contributed by atoms with E-state index in [4.69, 9.17) is 32.8 Å². The van der Waals surface area contributed by atoms with Crippen molar-refractivity contribution < 1.29 is 37.6 Å². The Labute approximate surface area is 258 Å². The molecule has 0 aromatic rings. The molecular formula is C31H64O8SSi. The number of hydrogen-bond acceptors (Lipinski definition) is 9. The Morgan fingerprint density at radius 2 is 0.976 bits per heavy atom. The summed E-state index contributed by atoms with van der Waals surface area (Å²) in [7, 11) is -1.97. The molecule has 0 aromatic heterocycles. The minimum Gasteiger partial charge on any atom is -0.412 e. The number of unbranched alkanes of at least 4 members (excludes halogenated alkanes) is 10. The Kier molecular flexibility index (Phi) is 34.4. The van der Waals surface area contributed by atoms with Crippen LogP contribution in [0.5, 0.6) is 0 Å². The van der Waals surface area contributed by atoms with Gasteiger partial charge < -0.3 is 37.6 Å². The SMILES string of the molecule is CCCCCCCCCCCCCOCCOCCOCCOCCOCCO[Si](C)(CCCS)COCCC=O. The van der Waals surface area contributed by atoms with Gasteiger partial charge in [-0.2, -0.15) is 12.6 Å². The number of ether oxygens (including phenoxy) is 6. The summed E-state index contributed by atoms with van der Waals surface area (Å²) in [6.45, 7) is 11.3. The Morgan fingerprint density at radius 3 is 1.44 bits per heavy atom. The average Bonchev–Trinajstić information content (AvgIpc) is 2.98. The summed E-state index contributed by atoms with van der Waals surface area (Å²) >= 11 is 4.31. The van der Waals surface area contributed by atoms with Crippen LogP contribution in [0.3, 0.4) is 0 Å². The van der Waals surface area contributed by atoms with Gasteiger partial charge in [-0.3, -0.25) is 0 Å². The molecule has 8 nitrogen and oxygen atoms in total. The molecule has 1 atom stereocenters. The first-order valence-electron chi connectivity index (χ1n) is 16.3. The molecule has 0 bridgehead atoms. The summed E-state index contributed by atoms with van der Waals surface area (Å²) in [5, 5.41) is 0. The second-order valence-electron chi connectivity index (χ2n) is 10.7. The lowest BCUT2D eigenvalue weighted by Gasteiger charge is -2.27. The fourth-order valence-electron chi connectivity index (χ4n) is 4.26. The van der Waals surface area contributed by atoms with Crippen LogP contribution in [0.2, 0.25) is 12.6 Å². The van der Waals surface area contributed by atoms with Crippen LogP contribution in [0.15, 0.2) is 0 Å². The third-order valence-corrected chi connectivity index (χ3v) is 10.2. The van der Waals surface area contributed by atoms with Crippen LogP contribution in [0.1, 0.15) is 90.4 Å². The van der Waals surface area contributed by atoms with E-state index in [0.29, 0.717) is 85.3 Å². The quantitative estimate of drug-likeness (QED) is 0.0369. The zero-order chi connectivity index (χ0) is 30.0. The molecule has 10 heteroatoms. The molecular weight excluding hydrogens is 560 g/mol. The van der Waals surface area contributed by atoms with E-state index in [9.17, 15) is 4.79 Å². The van der Waals surface area contributed by atoms with E-state index in [1.54, 1.807) is 0 Å². The van der Waals surface area contributed by atoms with Gasteiger partial charge in [0.25, 0.3) is 0 Å². The molecule has 0 fully saturated rings. The van der Waals surface area contributed by atoms with Crippen LogP contribution in [-0.4, -0.2) is 106 Å². The summed E-state index contributed by atoms with van der Waals surface area (Å²) in [6.07, 6.45) is 17.8. The molecule has 0 radical (unpaired) electrons. The Morgan fingerprint density at radius 1 is 0.537 bits per heavy atom. The molecule has 0 aromatic carbocycles. The van der Waals surface area contributed by atoms with Crippen molar-refractivity contribution in [3.8, 4) is 0 Å². The van der Waals surface area contributed by atoms with Crippen LogP contribution >= 0.6 is 12.6 Å². The van der Waals surface area contributed by atoms with E-state index >= 15 is 0 Å². The number of hydrogen-bond donors (Lipinski definition) is 1. The number of carbonyl (C=O) groups is 1. The summed E-state index contributed by atoms with van der Waals surface area (Å²) in [5.74, 6) is 0.833. The van der Waals surface area contributed by atoms with Gasteiger partial charge in [0.15, 0.2) is 0 Å². The zero-order valence-electron chi connectivity index (χ0n) is 26.6.